The number of hydrogen-bond acceptors (Lipinski definition) is 3. The van der Waals surface area contributed by atoms with E-state index in [2.05, 4.69) is 36.5 Å². The Morgan fingerprint density at radius 1 is 0.970 bits per heavy atom. The quantitative estimate of drug-likeness (QED) is 0.474. The number of benzene rings is 3. The number of allylic oxidation sites excluding steroid dienone is 1. The van der Waals surface area contributed by atoms with E-state index in [0.29, 0.717) is 23.4 Å². The fourth-order valence-corrected chi connectivity index (χ4v) is 5.24. The molecule has 0 radical (unpaired) electrons. The number of Topliss-reactive ketones (excluding diaryl/α,β-unsaturated/α-hetero) is 1. The Bertz CT molecular complexity index is 1280. The third-order valence-corrected chi connectivity index (χ3v) is 6.92. The zero-order chi connectivity index (χ0) is 23.1. The van der Waals surface area contributed by atoms with Crippen LogP contribution < -0.4 is 10.2 Å². The van der Waals surface area contributed by atoms with Gasteiger partial charge >= 0.3 is 0 Å². The molecular weight excluding hydrogens is 432 g/mol. The highest BCUT2D eigenvalue weighted by Crippen LogP contribution is 2.48. The number of aryl methyl sites for hydroxylation is 1. The number of amides is 1. The number of fused-ring (bicyclic) bond motifs is 1. The van der Waals surface area contributed by atoms with Crippen LogP contribution >= 0.6 is 11.6 Å². The number of halogens is 1. The van der Waals surface area contributed by atoms with E-state index in [1.54, 1.807) is 4.90 Å². The molecule has 2 aliphatic rings. The minimum absolute atomic E-state index is 0.0401. The van der Waals surface area contributed by atoms with Gasteiger partial charge in [0.25, 0.3) is 0 Å². The van der Waals surface area contributed by atoms with Crippen LogP contribution in [-0.4, -0.2) is 11.7 Å². The molecule has 3 aromatic rings. The Morgan fingerprint density at radius 3 is 2.39 bits per heavy atom. The van der Waals surface area contributed by atoms with Crippen LogP contribution in [0.1, 0.15) is 48.4 Å². The molecule has 0 spiro atoms. The van der Waals surface area contributed by atoms with Crippen LogP contribution in [0.25, 0.3) is 0 Å². The fourth-order valence-electron chi connectivity index (χ4n) is 5.00. The molecule has 0 saturated carbocycles. The van der Waals surface area contributed by atoms with E-state index >= 15 is 0 Å². The molecule has 5 rings (SSSR count). The number of nitrogens with one attached hydrogen (secondary N) is 1. The maximum atomic E-state index is 13.8. The molecule has 1 aliphatic heterocycles. The lowest BCUT2D eigenvalue weighted by atomic mass is 9.78. The van der Waals surface area contributed by atoms with Gasteiger partial charge in [0.2, 0.25) is 5.91 Å². The summed E-state index contributed by atoms with van der Waals surface area (Å²) >= 11 is 6.63. The molecule has 1 aliphatic carbocycles. The normalized spacial score (nSPS) is 20.0. The predicted octanol–water partition coefficient (Wildman–Crippen LogP) is 6.57. The van der Waals surface area contributed by atoms with Crippen molar-refractivity contribution in [2.24, 2.45) is 0 Å². The summed E-state index contributed by atoms with van der Waals surface area (Å²) in [5.74, 6) is -0.0260. The van der Waals surface area contributed by atoms with Crippen molar-refractivity contribution in [1.82, 2.24) is 0 Å². The molecule has 0 aromatic heterocycles. The molecule has 2 atom stereocenters. The fraction of sp³-hybridized carbons (Fsp3) is 0.214. The third kappa shape index (κ3) is 3.85. The van der Waals surface area contributed by atoms with Crippen molar-refractivity contribution in [2.45, 2.75) is 38.6 Å². The van der Waals surface area contributed by atoms with Crippen molar-refractivity contribution in [3.05, 3.63) is 106 Å². The SMILES string of the molecule is CC(=O)N1c2ccccc2NC2=C(C(=O)CC(c3ccc(C)cc3)C2)C1c1ccccc1Cl. The van der Waals surface area contributed by atoms with Crippen molar-refractivity contribution in [3.63, 3.8) is 0 Å². The second-order valence-electron chi connectivity index (χ2n) is 8.79. The van der Waals surface area contributed by atoms with Crippen LogP contribution in [0.4, 0.5) is 11.4 Å². The summed E-state index contributed by atoms with van der Waals surface area (Å²) in [6.07, 6.45) is 1.08. The van der Waals surface area contributed by atoms with E-state index in [-0.39, 0.29) is 17.6 Å². The summed E-state index contributed by atoms with van der Waals surface area (Å²) in [4.78, 5) is 28.5. The van der Waals surface area contributed by atoms with Crippen LogP contribution in [0.15, 0.2) is 84.1 Å². The van der Waals surface area contributed by atoms with Crippen molar-refractivity contribution in [3.8, 4) is 0 Å². The minimum Gasteiger partial charge on any atom is -0.357 e. The van der Waals surface area contributed by atoms with Crippen LogP contribution in [0.2, 0.25) is 5.02 Å². The van der Waals surface area contributed by atoms with Gasteiger partial charge in [0.1, 0.15) is 0 Å². The summed E-state index contributed by atoms with van der Waals surface area (Å²) in [7, 11) is 0. The summed E-state index contributed by atoms with van der Waals surface area (Å²) in [6.45, 7) is 3.60. The highest BCUT2D eigenvalue weighted by Gasteiger charge is 2.41. The van der Waals surface area contributed by atoms with Gasteiger partial charge in [-0.25, -0.2) is 0 Å². The van der Waals surface area contributed by atoms with E-state index in [9.17, 15) is 9.59 Å². The highest BCUT2D eigenvalue weighted by atomic mass is 35.5. The molecule has 0 saturated heterocycles. The number of para-hydroxylation sites is 2. The van der Waals surface area contributed by atoms with Crippen molar-refractivity contribution in [1.29, 1.82) is 0 Å². The van der Waals surface area contributed by atoms with Gasteiger partial charge in [-0.2, -0.15) is 0 Å². The van der Waals surface area contributed by atoms with Gasteiger partial charge in [0, 0.05) is 29.6 Å². The zero-order valence-corrected chi connectivity index (χ0v) is 19.4. The lowest BCUT2D eigenvalue weighted by Gasteiger charge is -2.35. The largest absolute Gasteiger partial charge is 0.357 e. The van der Waals surface area contributed by atoms with Crippen LogP contribution in [0.3, 0.4) is 0 Å². The smallest absolute Gasteiger partial charge is 0.224 e. The third-order valence-electron chi connectivity index (χ3n) is 6.58. The van der Waals surface area contributed by atoms with Crippen molar-refractivity contribution >= 4 is 34.7 Å². The molecule has 1 N–H and O–H groups in total. The predicted molar refractivity (Wildman–Crippen MR) is 133 cm³/mol. The van der Waals surface area contributed by atoms with Gasteiger partial charge in [-0.3, -0.25) is 14.5 Å². The Labute approximate surface area is 198 Å². The Hall–Kier alpha value is -3.37. The monoisotopic (exact) mass is 456 g/mol. The molecule has 33 heavy (non-hydrogen) atoms. The number of rotatable bonds is 2. The van der Waals surface area contributed by atoms with Gasteiger partial charge in [-0.05, 0) is 48.6 Å². The first-order valence-electron chi connectivity index (χ1n) is 11.2. The number of nitrogens with zero attached hydrogens (tertiary/aromatic N) is 1. The van der Waals surface area contributed by atoms with Gasteiger partial charge in [-0.15, -0.1) is 0 Å². The topological polar surface area (TPSA) is 49.4 Å². The molecule has 1 heterocycles. The first-order valence-corrected chi connectivity index (χ1v) is 11.5. The van der Waals surface area contributed by atoms with Gasteiger partial charge in [0.15, 0.2) is 5.78 Å². The summed E-state index contributed by atoms with van der Waals surface area (Å²) < 4.78 is 0. The molecule has 166 valence electrons. The minimum atomic E-state index is -0.589. The van der Waals surface area contributed by atoms with Gasteiger partial charge in [-0.1, -0.05) is 71.8 Å². The molecular formula is C28H25ClN2O2. The lowest BCUT2D eigenvalue weighted by Crippen LogP contribution is -2.37. The maximum absolute atomic E-state index is 13.8. The highest BCUT2D eigenvalue weighted by molar-refractivity contribution is 6.31. The second-order valence-corrected chi connectivity index (χ2v) is 9.19. The molecule has 2 unspecified atom stereocenters. The van der Waals surface area contributed by atoms with Crippen LogP contribution in [0.5, 0.6) is 0 Å². The summed E-state index contributed by atoms with van der Waals surface area (Å²) in [6, 6.07) is 23.0. The summed E-state index contributed by atoms with van der Waals surface area (Å²) in [5.41, 5.74) is 6.13. The van der Waals surface area contributed by atoms with Gasteiger partial charge < -0.3 is 5.32 Å². The maximum Gasteiger partial charge on any atom is 0.224 e. The van der Waals surface area contributed by atoms with Crippen LogP contribution in [-0.2, 0) is 9.59 Å². The average molecular weight is 457 g/mol. The first-order chi connectivity index (χ1) is 15.9. The number of carbonyl (C=O) groups excluding carboxylic acids is 2. The number of ketones is 1. The second kappa shape index (κ2) is 8.53. The number of hydrogen-bond donors (Lipinski definition) is 1. The standard InChI is InChI=1S/C28H25ClN2O2/c1-17-11-13-19(14-12-17)20-15-24-27(26(33)16-20)28(21-7-3-4-8-22(21)29)31(18(2)32)25-10-6-5-9-23(25)30-24/h3-14,20,28,30H,15-16H2,1-2H3. The van der Waals surface area contributed by atoms with E-state index in [4.69, 9.17) is 11.6 Å². The molecule has 3 aromatic carbocycles. The van der Waals surface area contributed by atoms with E-state index in [0.717, 1.165) is 28.2 Å². The van der Waals surface area contributed by atoms with E-state index in [1.165, 1.54) is 12.5 Å². The van der Waals surface area contributed by atoms with Crippen molar-refractivity contribution in [2.75, 3.05) is 10.2 Å². The molecule has 5 heteroatoms. The Morgan fingerprint density at radius 2 is 1.67 bits per heavy atom. The Kier molecular flexibility index (Phi) is 5.55. The molecule has 4 nitrogen and oxygen atoms in total. The molecule has 0 fully saturated rings. The first kappa shape index (κ1) is 21.5. The Balaban J connectivity index is 1.71. The van der Waals surface area contributed by atoms with E-state index in [1.807, 2.05) is 48.5 Å². The van der Waals surface area contributed by atoms with E-state index < -0.39 is 6.04 Å². The van der Waals surface area contributed by atoms with Crippen LogP contribution in [0, 0.1) is 6.92 Å². The van der Waals surface area contributed by atoms with Crippen molar-refractivity contribution < 1.29 is 9.59 Å². The number of anilines is 2. The zero-order valence-electron chi connectivity index (χ0n) is 18.6. The molecule has 1 amide bonds. The number of carbonyl (C=O) groups is 2. The summed E-state index contributed by atoms with van der Waals surface area (Å²) in [5, 5.41) is 4.06. The lowest BCUT2D eigenvalue weighted by molar-refractivity contribution is -0.117. The van der Waals surface area contributed by atoms with Gasteiger partial charge in [0.05, 0.1) is 17.4 Å². The molecule has 0 bridgehead atoms. The average Bonchev–Trinajstić information content (AvgIpc) is 2.94.